The minimum atomic E-state index is -4.28. The summed E-state index contributed by atoms with van der Waals surface area (Å²) in [6.45, 7) is -1.05. The highest BCUT2D eigenvalue weighted by atomic mass is 32.1. The average molecular weight is 477 g/mol. The van der Waals surface area contributed by atoms with Crippen molar-refractivity contribution in [3.63, 3.8) is 0 Å². The molecule has 1 aliphatic rings. The molecule has 2 aromatic heterocycles. The average Bonchev–Trinajstić information content (AvgIpc) is 3.11. The van der Waals surface area contributed by atoms with Crippen molar-refractivity contribution in [2.75, 3.05) is 0 Å². The van der Waals surface area contributed by atoms with Gasteiger partial charge < -0.3 is 9.84 Å². The van der Waals surface area contributed by atoms with E-state index in [1.807, 2.05) is 0 Å². The quantitative estimate of drug-likeness (QED) is 0.400. The number of alkyl halides is 4. The molecule has 0 bridgehead atoms. The molecule has 1 fully saturated rings. The zero-order valence-electron chi connectivity index (χ0n) is 15.8. The van der Waals surface area contributed by atoms with Crippen molar-refractivity contribution in [2.45, 2.75) is 36.5 Å². The zero-order chi connectivity index (χ0) is 23.3. The number of pyridine rings is 1. The molecule has 0 spiro atoms. The maximum atomic E-state index is 15.6. The summed E-state index contributed by atoms with van der Waals surface area (Å²) >= 11 is 4.83. The Balaban J connectivity index is 1.73. The van der Waals surface area contributed by atoms with Crippen LogP contribution < -0.4 is 4.74 Å². The Labute approximate surface area is 180 Å². The first kappa shape index (κ1) is 22.2. The highest BCUT2D eigenvalue weighted by molar-refractivity contribution is 7.71. The highest BCUT2D eigenvalue weighted by Crippen LogP contribution is 2.48. The van der Waals surface area contributed by atoms with Gasteiger partial charge in [-0.3, -0.25) is 4.98 Å². The molecule has 4 rings (SSSR count). The number of aromatic amines is 1. The number of aromatic nitrogens is 5. The van der Waals surface area contributed by atoms with Gasteiger partial charge in [0.05, 0.1) is 19.2 Å². The molecule has 14 heteroatoms. The predicted molar refractivity (Wildman–Crippen MR) is 97.6 cm³/mol. The van der Waals surface area contributed by atoms with Crippen LogP contribution in [0.4, 0.5) is 26.3 Å². The highest BCUT2D eigenvalue weighted by Gasteiger charge is 2.60. The third-order valence-electron chi connectivity index (χ3n) is 4.92. The number of nitrogens with zero attached hydrogens (tertiary/aromatic N) is 4. The van der Waals surface area contributed by atoms with Gasteiger partial charge in [-0.05, 0) is 36.5 Å². The number of benzene rings is 1. The van der Waals surface area contributed by atoms with Crippen molar-refractivity contribution in [1.29, 1.82) is 0 Å². The van der Waals surface area contributed by atoms with Crippen molar-refractivity contribution in [3.05, 3.63) is 64.2 Å². The first-order valence-corrected chi connectivity index (χ1v) is 9.39. The van der Waals surface area contributed by atoms with Gasteiger partial charge in [0.1, 0.15) is 23.1 Å². The fourth-order valence-corrected chi connectivity index (χ4v) is 3.20. The van der Waals surface area contributed by atoms with Gasteiger partial charge in [0.25, 0.3) is 5.92 Å². The number of hydrogen-bond acceptors (Lipinski definition) is 6. The van der Waals surface area contributed by atoms with E-state index < -0.39 is 59.4 Å². The van der Waals surface area contributed by atoms with E-state index in [1.54, 1.807) is 0 Å². The standard InChI is InChI=1S/C18H13F6N5O2S/c19-9-1-3-11(12(20)5-9)16(30,8-29-15(32)26-27-28-29)18(23,24)13-4-2-10(7-25-13)31-14-6-17(14,21)22/h1-5,7,14,30H,6,8H2,(H,26,28,32). The molecule has 2 heterocycles. The summed E-state index contributed by atoms with van der Waals surface area (Å²) in [7, 11) is 0. The summed E-state index contributed by atoms with van der Waals surface area (Å²) < 4.78 is 90.4. The Kier molecular flexibility index (Phi) is 5.24. The van der Waals surface area contributed by atoms with Crippen molar-refractivity contribution < 1.29 is 36.2 Å². The van der Waals surface area contributed by atoms with Crippen LogP contribution in [-0.2, 0) is 18.1 Å². The van der Waals surface area contributed by atoms with Gasteiger partial charge in [-0.2, -0.15) is 14.0 Å². The molecule has 2 unspecified atom stereocenters. The van der Waals surface area contributed by atoms with Crippen LogP contribution >= 0.6 is 12.2 Å². The van der Waals surface area contributed by atoms with Crippen LogP contribution in [0.1, 0.15) is 17.7 Å². The lowest BCUT2D eigenvalue weighted by atomic mass is 9.84. The summed E-state index contributed by atoms with van der Waals surface area (Å²) in [5, 5.41) is 20.0. The van der Waals surface area contributed by atoms with Crippen molar-refractivity contribution in [3.8, 4) is 5.75 Å². The minimum Gasteiger partial charge on any atom is -0.482 e. The molecule has 32 heavy (non-hydrogen) atoms. The molecular formula is C18H13F6N5O2S. The second kappa shape index (κ2) is 7.55. The number of hydrogen-bond donors (Lipinski definition) is 2. The summed E-state index contributed by atoms with van der Waals surface area (Å²) in [5.74, 6) is -9.97. The van der Waals surface area contributed by atoms with Crippen LogP contribution in [0.25, 0.3) is 0 Å². The topological polar surface area (TPSA) is 88.9 Å². The Morgan fingerprint density at radius 1 is 1.25 bits per heavy atom. The lowest BCUT2D eigenvalue weighted by Gasteiger charge is -2.36. The third-order valence-corrected chi connectivity index (χ3v) is 5.22. The van der Waals surface area contributed by atoms with E-state index >= 15 is 8.78 Å². The van der Waals surface area contributed by atoms with E-state index in [4.69, 9.17) is 17.0 Å². The molecule has 2 N–H and O–H groups in total. The van der Waals surface area contributed by atoms with Crippen LogP contribution in [-0.4, -0.2) is 42.3 Å². The monoisotopic (exact) mass is 477 g/mol. The largest absolute Gasteiger partial charge is 0.482 e. The molecular weight excluding hydrogens is 464 g/mol. The molecule has 1 aromatic carbocycles. The normalized spacial score (nSPS) is 19.4. The second-order valence-corrected chi connectivity index (χ2v) is 7.54. The fourth-order valence-electron chi connectivity index (χ4n) is 3.05. The van der Waals surface area contributed by atoms with Crippen LogP contribution in [0.3, 0.4) is 0 Å². The number of ether oxygens (including phenoxy) is 1. The lowest BCUT2D eigenvalue weighted by molar-refractivity contribution is -0.208. The lowest BCUT2D eigenvalue weighted by Crippen LogP contribution is -2.48. The smallest absolute Gasteiger partial charge is 0.323 e. The number of H-pyrrole nitrogens is 1. The number of nitrogens with one attached hydrogen (secondary N) is 1. The van der Waals surface area contributed by atoms with Crippen molar-refractivity contribution in [1.82, 2.24) is 25.2 Å². The molecule has 2 atom stereocenters. The van der Waals surface area contributed by atoms with Gasteiger partial charge in [-0.25, -0.2) is 22.2 Å². The van der Waals surface area contributed by atoms with Crippen LogP contribution in [0.5, 0.6) is 5.75 Å². The van der Waals surface area contributed by atoms with Gasteiger partial charge >= 0.3 is 5.92 Å². The molecule has 0 amide bonds. The van der Waals surface area contributed by atoms with Gasteiger partial charge in [0, 0.05) is 11.6 Å². The number of halogens is 6. The third kappa shape index (κ3) is 3.83. The fraction of sp³-hybridized carbons (Fsp3) is 0.333. The van der Waals surface area contributed by atoms with Gasteiger partial charge in [-0.1, -0.05) is 10.3 Å². The molecule has 170 valence electrons. The van der Waals surface area contributed by atoms with Crippen LogP contribution in [0.2, 0.25) is 0 Å². The van der Waals surface area contributed by atoms with E-state index in [2.05, 4.69) is 20.5 Å². The van der Waals surface area contributed by atoms with E-state index in [9.17, 15) is 22.7 Å². The first-order valence-electron chi connectivity index (χ1n) is 8.99. The predicted octanol–water partition coefficient (Wildman–Crippen LogP) is 3.48. The maximum Gasteiger partial charge on any atom is 0.323 e. The minimum absolute atomic E-state index is 0.191. The Bertz CT molecular complexity index is 1200. The molecule has 7 nitrogen and oxygen atoms in total. The van der Waals surface area contributed by atoms with Crippen molar-refractivity contribution >= 4 is 12.2 Å². The van der Waals surface area contributed by atoms with E-state index in [0.29, 0.717) is 18.2 Å². The summed E-state index contributed by atoms with van der Waals surface area (Å²) in [5.41, 5.74) is -5.31. The summed E-state index contributed by atoms with van der Waals surface area (Å²) in [6, 6.07) is 3.41. The molecule has 1 saturated carbocycles. The molecule has 0 radical (unpaired) electrons. The second-order valence-electron chi connectivity index (χ2n) is 7.18. The summed E-state index contributed by atoms with van der Waals surface area (Å²) in [4.78, 5) is 3.52. The molecule has 0 saturated heterocycles. The van der Waals surface area contributed by atoms with Crippen LogP contribution in [0, 0.1) is 16.4 Å². The number of rotatable bonds is 7. The van der Waals surface area contributed by atoms with Gasteiger partial charge in [0.2, 0.25) is 4.77 Å². The Morgan fingerprint density at radius 3 is 2.50 bits per heavy atom. The number of tetrazole rings is 1. The van der Waals surface area contributed by atoms with Gasteiger partial charge in [0.15, 0.2) is 11.7 Å². The van der Waals surface area contributed by atoms with E-state index in [1.165, 1.54) is 0 Å². The molecule has 3 aromatic rings. The molecule has 0 aliphatic heterocycles. The van der Waals surface area contributed by atoms with E-state index in [-0.39, 0.29) is 10.5 Å². The first-order chi connectivity index (χ1) is 14.9. The van der Waals surface area contributed by atoms with E-state index in [0.717, 1.165) is 23.0 Å². The zero-order valence-corrected chi connectivity index (χ0v) is 16.6. The molecule has 1 aliphatic carbocycles. The van der Waals surface area contributed by atoms with Crippen molar-refractivity contribution in [2.24, 2.45) is 0 Å². The maximum absolute atomic E-state index is 15.6. The SMILES string of the molecule is OC(Cn1[nH]nnc1=S)(c1ccc(F)cc1F)C(F)(F)c1ccc(OC2CC2(F)F)cn1. The Hall–Kier alpha value is -3.00. The number of aliphatic hydroxyl groups is 1. The Morgan fingerprint density at radius 2 is 1.97 bits per heavy atom. The van der Waals surface area contributed by atoms with Gasteiger partial charge in [-0.15, -0.1) is 0 Å². The van der Waals surface area contributed by atoms with Crippen LogP contribution in [0.15, 0.2) is 36.5 Å². The summed E-state index contributed by atoms with van der Waals surface area (Å²) in [6.07, 6.45) is -1.11.